The van der Waals surface area contributed by atoms with E-state index in [2.05, 4.69) is 16.0 Å². The third kappa shape index (κ3) is 8.59. The Morgan fingerprint density at radius 1 is 0.810 bits per heavy atom. The maximum Gasteiger partial charge on any atom is 0.272 e. The smallest absolute Gasteiger partial charge is 0.272 e. The van der Waals surface area contributed by atoms with Crippen molar-refractivity contribution in [3.8, 4) is 5.75 Å². The number of amides is 3. The number of benzene rings is 4. The number of carbonyl (C=O) groups excluding carboxylic acids is 3. The second-order valence-electron chi connectivity index (χ2n) is 9.44. The lowest BCUT2D eigenvalue weighted by Gasteiger charge is -2.12. The second kappa shape index (κ2) is 14.7. The van der Waals surface area contributed by atoms with E-state index in [1.807, 2.05) is 81.4 Å². The largest absolute Gasteiger partial charge is 0.494 e. The van der Waals surface area contributed by atoms with Gasteiger partial charge in [0.1, 0.15) is 11.4 Å². The number of carbonyl (C=O) groups is 3. The average Bonchev–Trinajstić information content (AvgIpc) is 3.00. The molecule has 0 bridgehead atoms. The van der Waals surface area contributed by atoms with Gasteiger partial charge in [0.2, 0.25) is 5.91 Å². The molecule has 4 rings (SSSR count). The number of hydrogen-bond acceptors (Lipinski definition) is 5. The van der Waals surface area contributed by atoms with Crippen molar-refractivity contribution in [2.75, 3.05) is 23.0 Å². The van der Waals surface area contributed by atoms with Crippen LogP contribution in [0.5, 0.6) is 5.75 Å². The molecule has 0 heterocycles. The van der Waals surface area contributed by atoms with E-state index in [4.69, 9.17) is 4.74 Å². The molecule has 0 unspecified atom stereocenters. The van der Waals surface area contributed by atoms with Crippen LogP contribution in [0, 0.1) is 13.8 Å². The fourth-order valence-corrected chi connectivity index (χ4v) is 4.69. The molecule has 42 heavy (non-hydrogen) atoms. The molecule has 0 saturated carbocycles. The van der Waals surface area contributed by atoms with Gasteiger partial charge in [0.25, 0.3) is 11.8 Å². The van der Waals surface area contributed by atoms with Crippen LogP contribution in [0.3, 0.4) is 0 Å². The molecular formula is C34H33N3O4S. The molecule has 0 aliphatic rings. The van der Waals surface area contributed by atoms with E-state index in [0.29, 0.717) is 17.9 Å². The fraction of sp³-hybridized carbons (Fsp3) is 0.147. The molecule has 4 aromatic rings. The highest BCUT2D eigenvalue weighted by molar-refractivity contribution is 8.00. The first-order chi connectivity index (χ1) is 20.3. The second-order valence-corrected chi connectivity index (χ2v) is 10.5. The lowest BCUT2D eigenvalue weighted by atomic mass is 10.1. The number of hydrogen-bond donors (Lipinski definition) is 3. The van der Waals surface area contributed by atoms with Crippen molar-refractivity contribution >= 4 is 46.9 Å². The molecule has 0 radical (unpaired) electrons. The van der Waals surface area contributed by atoms with Gasteiger partial charge in [-0.2, -0.15) is 0 Å². The van der Waals surface area contributed by atoms with Gasteiger partial charge in [0.05, 0.1) is 12.4 Å². The minimum Gasteiger partial charge on any atom is -0.494 e. The topological polar surface area (TPSA) is 96.5 Å². The van der Waals surface area contributed by atoms with Crippen molar-refractivity contribution in [2.24, 2.45) is 0 Å². The number of thioether (sulfide) groups is 1. The van der Waals surface area contributed by atoms with Crippen LogP contribution in [-0.4, -0.2) is 30.1 Å². The fourth-order valence-electron chi connectivity index (χ4n) is 3.99. The molecule has 7 nitrogen and oxygen atoms in total. The first-order valence-electron chi connectivity index (χ1n) is 13.5. The molecule has 0 saturated heterocycles. The lowest BCUT2D eigenvalue weighted by molar-refractivity contribution is -0.114. The molecule has 3 N–H and O–H groups in total. The highest BCUT2D eigenvalue weighted by Crippen LogP contribution is 2.23. The van der Waals surface area contributed by atoms with Crippen LogP contribution in [0.4, 0.5) is 11.4 Å². The van der Waals surface area contributed by atoms with E-state index in [-0.39, 0.29) is 17.4 Å². The predicted molar refractivity (Wildman–Crippen MR) is 170 cm³/mol. The Morgan fingerprint density at radius 3 is 2.21 bits per heavy atom. The van der Waals surface area contributed by atoms with Gasteiger partial charge in [0.15, 0.2) is 0 Å². The zero-order chi connectivity index (χ0) is 29.9. The normalized spacial score (nSPS) is 11.0. The number of nitrogens with one attached hydrogen (secondary N) is 3. The highest BCUT2D eigenvalue weighted by Gasteiger charge is 2.15. The van der Waals surface area contributed by atoms with Crippen LogP contribution in [0.15, 0.2) is 108 Å². The van der Waals surface area contributed by atoms with Crippen LogP contribution in [0.1, 0.15) is 34.0 Å². The first-order valence-corrected chi connectivity index (χ1v) is 14.5. The lowest BCUT2D eigenvalue weighted by Crippen LogP contribution is -2.30. The van der Waals surface area contributed by atoms with Gasteiger partial charge < -0.3 is 20.7 Å². The number of ether oxygens (including phenoxy) is 1. The minimum absolute atomic E-state index is 0.0922. The first kappa shape index (κ1) is 30.1. The summed E-state index contributed by atoms with van der Waals surface area (Å²) in [6.45, 7) is 6.45. The molecule has 8 heteroatoms. The monoisotopic (exact) mass is 579 g/mol. The molecule has 0 aliphatic heterocycles. The standard InChI is InChI=1S/C34H33N3O4S/c1-4-41-28-17-13-25(14-18-28)21-31(37-33(39)26-10-6-5-7-11-26)34(40)35-27-15-19-29(20-16-27)42-22-32(38)36-30-12-8-9-23(2)24(30)3/h5-21H,4,22H2,1-3H3,(H,35,40)(H,36,38)(H,37,39)/b31-21-. The van der Waals surface area contributed by atoms with E-state index in [1.165, 1.54) is 11.8 Å². The summed E-state index contributed by atoms with van der Waals surface area (Å²) >= 11 is 1.40. The predicted octanol–water partition coefficient (Wildman–Crippen LogP) is 6.84. The number of aryl methyl sites for hydroxylation is 1. The van der Waals surface area contributed by atoms with Crippen LogP contribution in [0.25, 0.3) is 6.08 Å². The van der Waals surface area contributed by atoms with Gasteiger partial charge in [-0.3, -0.25) is 14.4 Å². The Balaban J connectivity index is 1.41. The van der Waals surface area contributed by atoms with Crippen LogP contribution in [-0.2, 0) is 9.59 Å². The third-order valence-electron chi connectivity index (χ3n) is 6.39. The summed E-state index contributed by atoms with van der Waals surface area (Å²) < 4.78 is 5.50. The van der Waals surface area contributed by atoms with Crippen molar-refractivity contribution in [1.82, 2.24) is 5.32 Å². The zero-order valence-corrected chi connectivity index (χ0v) is 24.6. The van der Waals surface area contributed by atoms with Crippen LogP contribution >= 0.6 is 11.8 Å². The maximum atomic E-state index is 13.3. The van der Waals surface area contributed by atoms with E-state index in [9.17, 15) is 14.4 Å². The van der Waals surface area contributed by atoms with Gasteiger partial charge >= 0.3 is 0 Å². The quantitative estimate of drug-likeness (QED) is 0.134. The summed E-state index contributed by atoms with van der Waals surface area (Å²) in [6.07, 6.45) is 1.62. The molecule has 3 amide bonds. The summed E-state index contributed by atoms with van der Waals surface area (Å²) in [4.78, 5) is 39.6. The van der Waals surface area contributed by atoms with Crippen molar-refractivity contribution < 1.29 is 19.1 Å². The molecule has 0 atom stereocenters. The summed E-state index contributed by atoms with van der Waals surface area (Å²) in [5.74, 6) is 0.00818. The van der Waals surface area contributed by atoms with Crippen LogP contribution in [0.2, 0.25) is 0 Å². The summed E-state index contributed by atoms with van der Waals surface area (Å²) in [6, 6.07) is 29.0. The molecule has 0 aromatic heterocycles. The number of anilines is 2. The maximum absolute atomic E-state index is 13.3. The molecular weight excluding hydrogens is 546 g/mol. The molecule has 0 aliphatic carbocycles. The molecule has 0 spiro atoms. The van der Waals surface area contributed by atoms with Crippen molar-refractivity contribution in [3.05, 3.63) is 125 Å². The highest BCUT2D eigenvalue weighted by atomic mass is 32.2. The van der Waals surface area contributed by atoms with Gasteiger partial charge in [-0.1, -0.05) is 42.5 Å². The van der Waals surface area contributed by atoms with Gasteiger partial charge in [-0.05, 0) is 98.1 Å². The Morgan fingerprint density at radius 2 is 1.52 bits per heavy atom. The van der Waals surface area contributed by atoms with Gasteiger partial charge in [0, 0.05) is 21.8 Å². The van der Waals surface area contributed by atoms with Crippen LogP contribution < -0.4 is 20.7 Å². The minimum atomic E-state index is -0.471. The van der Waals surface area contributed by atoms with Gasteiger partial charge in [-0.25, -0.2) is 0 Å². The van der Waals surface area contributed by atoms with E-state index in [0.717, 1.165) is 33.0 Å². The van der Waals surface area contributed by atoms with E-state index < -0.39 is 11.8 Å². The van der Waals surface area contributed by atoms with Crippen molar-refractivity contribution in [1.29, 1.82) is 0 Å². The number of rotatable bonds is 11. The Labute approximate surface area is 250 Å². The molecule has 0 fully saturated rings. The third-order valence-corrected chi connectivity index (χ3v) is 7.40. The SMILES string of the molecule is CCOc1ccc(/C=C(\NC(=O)c2ccccc2)C(=O)Nc2ccc(SCC(=O)Nc3cccc(C)c3C)cc2)cc1. The van der Waals surface area contributed by atoms with E-state index >= 15 is 0 Å². The Hall–Kier alpha value is -4.82. The zero-order valence-electron chi connectivity index (χ0n) is 23.8. The van der Waals surface area contributed by atoms with E-state index in [1.54, 1.807) is 42.5 Å². The summed E-state index contributed by atoms with van der Waals surface area (Å²) in [5, 5.41) is 8.56. The van der Waals surface area contributed by atoms with Crippen molar-refractivity contribution in [2.45, 2.75) is 25.7 Å². The summed E-state index contributed by atoms with van der Waals surface area (Å²) in [7, 11) is 0. The van der Waals surface area contributed by atoms with Gasteiger partial charge in [-0.15, -0.1) is 11.8 Å². The van der Waals surface area contributed by atoms with Crippen molar-refractivity contribution in [3.63, 3.8) is 0 Å². The molecule has 4 aromatic carbocycles. The Bertz CT molecular complexity index is 1570. The summed E-state index contributed by atoms with van der Waals surface area (Å²) in [5.41, 5.74) is 4.79. The average molecular weight is 580 g/mol. The molecule has 214 valence electrons. The Kier molecular flexibility index (Phi) is 10.6.